The molecule has 0 spiro atoms. The molecule has 9 heteroatoms. The summed E-state index contributed by atoms with van der Waals surface area (Å²) in [6.07, 6.45) is 2.43. The van der Waals surface area contributed by atoms with Gasteiger partial charge in [-0.15, -0.1) is 0 Å². The fourth-order valence-corrected chi connectivity index (χ4v) is 6.69. The van der Waals surface area contributed by atoms with Crippen LogP contribution in [0.4, 0.5) is 5.69 Å². The first-order valence-corrected chi connectivity index (χ1v) is 11.6. The average molecular weight is 468 g/mol. The summed E-state index contributed by atoms with van der Waals surface area (Å²) in [5, 5.41) is 4.05. The van der Waals surface area contributed by atoms with Crippen molar-refractivity contribution in [1.82, 2.24) is 9.46 Å². The number of benzene rings is 1. The van der Waals surface area contributed by atoms with Crippen molar-refractivity contribution in [3.63, 3.8) is 0 Å². The molecule has 1 aromatic heterocycles. The van der Waals surface area contributed by atoms with E-state index in [9.17, 15) is 13.2 Å². The quantitative estimate of drug-likeness (QED) is 0.685. The van der Waals surface area contributed by atoms with Crippen molar-refractivity contribution >= 4 is 37.5 Å². The largest absolute Gasteiger partial charge is 0.361 e. The van der Waals surface area contributed by atoms with E-state index in [-0.39, 0.29) is 16.8 Å². The molecule has 1 fully saturated rings. The number of nitrogens with zero attached hydrogens (tertiary/aromatic N) is 3. The molecule has 0 radical (unpaired) electrons. The maximum atomic E-state index is 13.7. The van der Waals surface area contributed by atoms with Gasteiger partial charge in [-0.3, -0.25) is 4.79 Å². The number of fused-ring (bicyclic) bond motifs is 1. The van der Waals surface area contributed by atoms with E-state index in [1.165, 1.54) is 4.31 Å². The lowest BCUT2D eigenvalue weighted by Gasteiger charge is -2.26. The number of aromatic nitrogens is 1. The van der Waals surface area contributed by atoms with E-state index in [0.717, 1.165) is 12.0 Å². The van der Waals surface area contributed by atoms with Crippen LogP contribution in [0.15, 0.2) is 32.1 Å². The number of sulfonamides is 1. The SMILES string of the molecule is CCC(=O)N1CCc2cc(Br)cc(S(=O)(=O)N3CCC[C@@H]3c3cc(C)on3)c21. The number of aryl methyl sites for hydroxylation is 1. The van der Waals surface area contributed by atoms with Gasteiger partial charge >= 0.3 is 0 Å². The van der Waals surface area contributed by atoms with Crippen LogP contribution in [0.5, 0.6) is 0 Å². The maximum Gasteiger partial charge on any atom is 0.245 e. The zero-order chi connectivity index (χ0) is 20.1. The van der Waals surface area contributed by atoms with Crippen molar-refractivity contribution in [2.24, 2.45) is 0 Å². The fourth-order valence-electron chi connectivity index (χ4n) is 4.10. The second kappa shape index (κ2) is 7.27. The van der Waals surface area contributed by atoms with Gasteiger partial charge in [-0.25, -0.2) is 8.42 Å². The fraction of sp³-hybridized carbons (Fsp3) is 0.474. The minimum Gasteiger partial charge on any atom is -0.361 e. The zero-order valence-electron chi connectivity index (χ0n) is 15.8. The maximum absolute atomic E-state index is 13.7. The van der Waals surface area contributed by atoms with Crippen molar-refractivity contribution < 1.29 is 17.7 Å². The first kappa shape index (κ1) is 19.6. The van der Waals surface area contributed by atoms with Crippen LogP contribution in [0.25, 0.3) is 0 Å². The number of halogens is 1. The molecule has 0 N–H and O–H groups in total. The highest BCUT2D eigenvalue weighted by atomic mass is 79.9. The minimum absolute atomic E-state index is 0.0670. The Morgan fingerprint density at radius 2 is 2.11 bits per heavy atom. The van der Waals surface area contributed by atoms with Crippen molar-refractivity contribution in [2.45, 2.75) is 50.5 Å². The third-order valence-electron chi connectivity index (χ3n) is 5.37. The van der Waals surface area contributed by atoms with Crippen molar-refractivity contribution in [3.8, 4) is 0 Å². The molecule has 7 nitrogen and oxygen atoms in total. The van der Waals surface area contributed by atoms with E-state index in [1.807, 2.05) is 6.07 Å². The van der Waals surface area contributed by atoms with Gasteiger partial charge in [0, 0.05) is 30.0 Å². The smallest absolute Gasteiger partial charge is 0.245 e. The first-order chi connectivity index (χ1) is 13.3. The van der Waals surface area contributed by atoms with E-state index in [2.05, 4.69) is 21.1 Å². The van der Waals surface area contributed by atoms with Gasteiger partial charge in [0.15, 0.2) is 0 Å². The highest BCUT2D eigenvalue weighted by molar-refractivity contribution is 9.10. The molecular formula is C19H22BrN3O4S. The number of hydrogen-bond donors (Lipinski definition) is 0. The Morgan fingerprint density at radius 3 is 2.79 bits per heavy atom. The topological polar surface area (TPSA) is 83.7 Å². The van der Waals surface area contributed by atoms with Crippen LogP contribution in [-0.4, -0.2) is 36.9 Å². The van der Waals surface area contributed by atoms with Crippen LogP contribution in [0, 0.1) is 6.92 Å². The van der Waals surface area contributed by atoms with Crippen molar-refractivity contribution in [1.29, 1.82) is 0 Å². The molecule has 1 saturated heterocycles. The van der Waals surface area contributed by atoms with Gasteiger partial charge in [-0.05, 0) is 43.9 Å². The molecule has 28 heavy (non-hydrogen) atoms. The Hall–Kier alpha value is -1.71. The molecule has 1 aromatic carbocycles. The Balaban J connectivity index is 1.81. The van der Waals surface area contributed by atoms with Gasteiger partial charge < -0.3 is 9.42 Å². The normalized spacial score (nSPS) is 20.0. The summed E-state index contributed by atoms with van der Waals surface area (Å²) in [7, 11) is -3.82. The van der Waals surface area contributed by atoms with Gasteiger partial charge in [-0.1, -0.05) is 28.0 Å². The summed E-state index contributed by atoms with van der Waals surface area (Å²) in [5.41, 5.74) is 2.03. The van der Waals surface area contributed by atoms with Crippen LogP contribution < -0.4 is 4.90 Å². The molecule has 3 heterocycles. The molecule has 2 aliphatic rings. The Labute approximate surface area is 172 Å². The summed E-state index contributed by atoms with van der Waals surface area (Å²) < 4.78 is 34.8. The molecule has 2 aromatic rings. The number of amides is 1. The molecule has 2 aliphatic heterocycles. The molecular weight excluding hydrogens is 446 g/mol. The van der Waals surface area contributed by atoms with Crippen LogP contribution in [0.1, 0.15) is 49.2 Å². The predicted molar refractivity (Wildman–Crippen MR) is 108 cm³/mol. The van der Waals surface area contributed by atoms with Gasteiger partial charge in [0.05, 0.1) is 11.7 Å². The molecule has 0 unspecified atom stereocenters. The number of carbonyl (C=O) groups is 1. The van der Waals surface area contributed by atoms with E-state index in [0.29, 0.717) is 54.0 Å². The van der Waals surface area contributed by atoms with Crippen molar-refractivity contribution in [2.75, 3.05) is 18.0 Å². The van der Waals surface area contributed by atoms with Crippen LogP contribution in [-0.2, 0) is 21.2 Å². The second-order valence-electron chi connectivity index (χ2n) is 7.20. The van der Waals surface area contributed by atoms with Crippen LogP contribution >= 0.6 is 15.9 Å². The summed E-state index contributed by atoms with van der Waals surface area (Å²) in [5.74, 6) is 0.588. The predicted octanol–water partition coefficient (Wildman–Crippen LogP) is 3.57. The lowest BCUT2D eigenvalue weighted by Crippen LogP contribution is -2.34. The highest BCUT2D eigenvalue weighted by Gasteiger charge is 2.41. The lowest BCUT2D eigenvalue weighted by molar-refractivity contribution is -0.118. The number of carbonyl (C=O) groups excluding carboxylic acids is 1. The minimum atomic E-state index is -3.82. The number of rotatable bonds is 4. The molecule has 4 rings (SSSR count). The molecule has 0 aliphatic carbocycles. The third-order valence-corrected chi connectivity index (χ3v) is 7.75. The molecule has 1 amide bonds. The van der Waals surface area contributed by atoms with E-state index >= 15 is 0 Å². The summed E-state index contributed by atoms with van der Waals surface area (Å²) in [4.78, 5) is 14.2. The Bertz CT molecular complexity index is 1030. The average Bonchev–Trinajstić information content (AvgIpc) is 3.38. The van der Waals surface area contributed by atoms with E-state index < -0.39 is 10.0 Å². The number of hydrogen-bond acceptors (Lipinski definition) is 5. The standard InChI is InChI=1S/C19H22BrN3O4S/c1-3-18(24)22-8-6-13-10-14(20)11-17(19(13)22)28(25,26)23-7-4-5-16(23)15-9-12(2)27-21-15/h9-11,16H,3-8H2,1-2H3/t16-/m1/s1. The Morgan fingerprint density at radius 1 is 1.32 bits per heavy atom. The Kier molecular flexibility index (Phi) is 5.09. The van der Waals surface area contributed by atoms with Gasteiger partial charge in [0.25, 0.3) is 0 Å². The van der Waals surface area contributed by atoms with Crippen molar-refractivity contribution in [3.05, 3.63) is 39.7 Å². The first-order valence-electron chi connectivity index (χ1n) is 9.40. The van der Waals surface area contributed by atoms with Gasteiger partial charge in [0.2, 0.25) is 15.9 Å². The summed E-state index contributed by atoms with van der Waals surface area (Å²) in [6.45, 7) is 4.51. The molecule has 0 saturated carbocycles. The molecule has 150 valence electrons. The summed E-state index contributed by atoms with van der Waals surface area (Å²) >= 11 is 3.44. The van der Waals surface area contributed by atoms with Gasteiger partial charge in [-0.2, -0.15) is 4.31 Å². The second-order valence-corrected chi connectivity index (χ2v) is 9.97. The van der Waals surface area contributed by atoms with E-state index in [4.69, 9.17) is 4.52 Å². The summed E-state index contributed by atoms with van der Waals surface area (Å²) in [6, 6.07) is 4.95. The van der Waals surface area contributed by atoms with Gasteiger partial charge in [0.1, 0.15) is 16.3 Å². The van der Waals surface area contributed by atoms with E-state index in [1.54, 1.807) is 30.9 Å². The van der Waals surface area contributed by atoms with Crippen LogP contribution in [0.2, 0.25) is 0 Å². The highest BCUT2D eigenvalue weighted by Crippen LogP contribution is 2.43. The monoisotopic (exact) mass is 467 g/mol. The lowest BCUT2D eigenvalue weighted by atomic mass is 10.1. The molecule has 1 atom stereocenters. The third kappa shape index (κ3) is 3.19. The molecule has 0 bridgehead atoms. The zero-order valence-corrected chi connectivity index (χ0v) is 18.2. The van der Waals surface area contributed by atoms with Crippen LogP contribution in [0.3, 0.4) is 0 Å². The number of anilines is 1.